The Morgan fingerprint density at radius 3 is 2.80 bits per heavy atom. The topological polar surface area (TPSA) is 138 Å². The molecule has 3 aromatic rings. The van der Waals surface area contributed by atoms with E-state index >= 15 is 0 Å². The highest BCUT2D eigenvalue weighted by Crippen LogP contribution is 2.22. The van der Waals surface area contributed by atoms with Gasteiger partial charge >= 0.3 is 0 Å². The number of hydrazine groups is 1. The smallest absolute Gasteiger partial charge is 0.257 e. The largest absolute Gasteiger partial charge is 0.311 e. The lowest BCUT2D eigenvalue weighted by Gasteiger charge is -2.05. The van der Waals surface area contributed by atoms with Crippen LogP contribution in [0.4, 0.5) is 5.95 Å². The Balaban J connectivity index is 1.98. The normalized spacial score (nSPS) is 10.7. The monoisotopic (exact) mass is 291 g/mol. The van der Waals surface area contributed by atoms with Crippen LogP contribution in [0.1, 0.15) is 0 Å². The molecule has 3 aromatic heterocycles. The second kappa shape index (κ2) is 5.18. The van der Waals surface area contributed by atoms with Gasteiger partial charge in [0.15, 0.2) is 5.16 Å². The summed E-state index contributed by atoms with van der Waals surface area (Å²) in [6.45, 7) is 0. The Kier molecular flexibility index (Phi) is 3.22. The molecular weight excluding hydrogens is 282 g/mol. The van der Waals surface area contributed by atoms with Crippen molar-refractivity contribution in [3.63, 3.8) is 0 Å². The van der Waals surface area contributed by atoms with Crippen molar-refractivity contribution in [3.8, 4) is 5.95 Å². The van der Waals surface area contributed by atoms with E-state index in [4.69, 9.17) is 5.84 Å². The summed E-state index contributed by atoms with van der Waals surface area (Å²) in [4.78, 5) is 16.3. The lowest BCUT2D eigenvalue weighted by molar-refractivity contribution is 0.750. The van der Waals surface area contributed by atoms with Gasteiger partial charge in [0.1, 0.15) is 19.0 Å². The summed E-state index contributed by atoms with van der Waals surface area (Å²) in [5, 5.41) is 12.7. The van der Waals surface area contributed by atoms with Gasteiger partial charge in [0.05, 0.1) is 0 Å². The summed E-state index contributed by atoms with van der Waals surface area (Å²) < 4.78 is 3.16. The minimum absolute atomic E-state index is 0.218. The van der Waals surface area contributed by atoms with Gasteiger partial charge in [-0.1, -0.05) is 0 Å². The number of nitrogens with two attached hydrogens (primary N) is 1. The zero-order chi connectivity index (χ0) is 13.9. The predicted octanol–water partition coefficient (Wildman–Crippen LogP) is -0.982. The molecule has 0 bridgehead atoms. The van der Waals surface area contributed by atoms with E-state index in [0.717, 1.165) is 0 Å². The minimum atomic E-state index is 0.218. The van der Waals surface area contributed by atoms with E-state index in [1.807, 2.05) is 7.05 Å². The maximum Gasteiger partial charge on any atom is 0.257 e. The summed E-state index contributed by atoms with van der Waals surface area (Å²) >= 11 is 1.23. The molecular formula is C8H9N11S. The van der Waals surface area contributed by atoms with Gasteiger partial charge in [-0.15, -0.1) is 10.2 Å². The maximum atomic E-state index is 5.35. The van der Waals surface area contributed by atoms with Crippen molar-refractivity contribution in [3.05, 3.63) is 19.0 Å². The first kappa shape index (κ1) is 12.4. The van der Waals surface area contributed by atoms with E-state index in [0.29, 0.717) is 16.3 Å². The van der Waals surface area contributed by atoms with Gasteiger partial charge in [-0.3, -0.25) is 5.43 Å². The van der Waals surface area contributed by atoms with E-state index in [1.54, 1.807) is 10.9 Å². The molecule has 0 amide bonds. The Labute approximate surface area is 116 Å². The van der Waals surface area contributed by atoms with Gasteiger partial charge in [0.2, 0.25) is 11.1 Å². The van der Waals surface area contributed by atoms with Crippen molar-refractivity contribution in [2.24, 2.45) is 12.9 Å². The van der Waals surface area contributed by atoms with Crippen LogP contribution in [0.25, 0.3) is 5.95 Å². The van der Waals surface area contributed by atoms with Gasteiger partial charge in [-0.2, -0.15) is 24.7 Å². The van der Waals surface area contributed by atoms with Crippen molar-refractivity contribution in [2.45, 2.75) is 10.3 Å². The van der Waals surface area contributed by atoms with E-state index in [1.165, 1.54) is 29.1 Å². The maximum absolute atomic E-state index is 5.35. The highest BCUT2D eigenvalue weighted by Gasteiger charge is 2.12. The molecule has 20 heavy (non-hydrogen) atoms. The molecule has 0 radical (unpaired) electrons. The molecule has 0 aliphatic heterocycles. The molecule has 0 fully saturated rings. The van der Waals surface area contributed by atoms with Gasteiger partial charge in [-0.25, -0.2) is 10.8 Å². The third-order valence-electron chi connectivity index (χ3n) is 2.21. The fourth-order valence-electron chi connectivity index (χ4n) is 1.32. The lowest BCUT2D eigenvalue weighted by Crippen LogP contribution is -2.14. The van der Waals surface area contributed by atoms with Gasteiger partial charge in [-0.05, 0) is 11.8 Å². The number of nitrogens with one attached hydrogen (secondary N) is 1. The van der Waals surface area contributed by atoms with Crippen LogP contribution in [0, 0.1) is 0 Å². The van der Waals surface area contributed by atoms with Crippen molar-refractivity contribution in [1.29, 1.82) is 0 Å². The summed E-state index contributed by atoms with van der Waals surface area (Å²) in [7, 11) is 1.82. The number of hydrogen-bond donors (Lipinski definition) is 2. The molecule has 12 heteroatoms. The highest BCUT2D eigenvalue weighted by atomic mass is 32.2. The second-order valence-corrected chi connectivity index (χ2v) is 4.49. The number of nitrogens with zero attached hydrogens (tertiary/aromatic N) is 9. The summed E-state index contributed by atoms with van der Waals surface area (Å²) in [5.41, 5.74) is 2.38. The molecule has 3 rings (SSSR count). The van der Waals surface area contributed by atoms with Crippen LogP contribution in [0.15, 0.2) is 29.3 Å². The first-order chi connectivity index (χ1) is 9.76. The lowest BCUT2D eigenvalue weighted by atomic mass is 10.8. The van der Waals surface area contributed by atoms with Gasteiger partial charge in [0.25, 0.3) is 5.95 Å². The first-order valence-corrected chi connectivity index (χ1v) is 6.17. The van der Waals surface area contributed by atoms with E-state index in [9.17, 15) is 0 Å². The average Bonchev–Trinajstić information content (AvgIpc) is 3.11. The van der Waals surface area contributed by atoms with Gasteiger partial charge in [0, 0.05) is 7.05 Å². The van der Waals surface area contributed by atoms with Gasteiger partial charge < -0.3 is 4.57 Å². The number of rotatable bonds is 4. The van der Waals surface area contributed by atoms with Crippen LogP contribution < -0.4 is 11.3 Å². The van der Waals surface area contributed by atoms with Crippen LogP contribution in [-0.2, 0) is 7.05 Å². The Bertz CT molecular complexity index is 705. The molecule has 0 atom stereocenters. The third-order valence-corrected chi connectivity index (χ3v) is 3.13. The zero-order valence-electron chi connectivity index (χ0n) is 10.2. The number of aryl methyl sites for hydroxylation is 1. The van der Waals surface area contributed by atoms with Crippen LogP contribution in [0.3, 0.4) is 0 Å². The Morgan fingerprint density at radius 1 is 1.25 bits per heavy atom. The SMILES string of the molecule is Cn1cnnc1Sc1nc(NN)nc(-n2cncn2)n1. The molecule has 0 unspecified atom stereocenters. The Morgan fingerprint density at radius 2 is 2.15 bits per heavy atom. The van der Waals surface area contributed by atoms with E-state index in [-0.39, 0.29) is 5.95 Å². The van der Waals surface area contributed by atoms with Crippen LogP contribution in [0.5, 0.6) is 0 Å². The fraction of sp³-hybridized carbons (Fsp3) is 0.125. The zero-order valence-corrected chi connectivity index (χ0v) is 11.1. The molecule has 0 spiro atoms. The number of anilines is 1. The molecule has 102 valence electrons. The standard InChI is InChI=1S/C8H9N11S/c1-18-4-11-17-8(18)20-7-14-5(16-9)13-6(15-7)19-3-10-2-12-19/h2-4H,9H2,1H3,(H,13,14,15,16). The van der Waals surface area contributed by atoms with Crippen molar-refractivity contribution < 1.29 is 0 Å². The molecule has 0 saturated heterocycles. The van der Waals surface area contributed by atoms with E-state index in [2.05, 4.69) is 40.7 Å². The molecule has 11 nitrogen and oxygen atoms in total. The molecule has 0 aliphatic rings. The number of aromatic nitrogens is 9. The number of nitrogen functional groups attached to an aromatic ring is 1. The predicted molar refractivity (Wildman–Crippen MR) is 67.7 cm³/mol. The fourth-order valence-corrected chi connectivity index (χ4v) is 2.02. The molecule has 0 aromatic carbocycles. The number of hydrogen-bond acceptors (Lipinski definition) is 10. The quantitative estimate of drug-likeness (QED) is 0.455. The van der Waals surface area contributed by atoms with E-state index < -0.39 is 0 Å². The summed E-state index contributed by atoms with van der Waals surface area (Å²) in [6, 6.07) is 0. The summed E-state index contributed by atoms with van der Waals surface area (Å²) in [6.07, 6.45) is 4.45. The molecule has 0 aliphatic carbocycles. The van der Waals surface area contributed by atoms with Crippen LogP contribution in [-0.4, -0.2) is 44.5 Å². The van der Waals surface area contributed by atoms with Crippen molar-refractivity contribution in [1.82, 2.24) is 44.5 Å². The molecule has 3 heterocycles. The highest BCUT2D eigenvalue weighted by molar-refractivity contribution is 7.99. The van der Waals surface area contributed by atoms with Crippen LogP contribution >= 0.6 is 11.8 Å². The van der Waals surface area contributed by atoms with Crippen molar-refractivity contribution >= 4 is 17.7 Å². The minimum Gasteiger partial charge on any atom is -0.311 e. The van der Waals surface area contributed by atoms with Crippen LogP contribution in [0.2, 0.25) is 0 Å². The average molecular weight is 291 g/mol. The Hall–Kier alpha value is -2.60. The first-order valence-electron chi connectivity index (χ1n) is 5.36. The molecule has 3 N–H and O–H groups in total. The third kappa shape index (κ3) is 2.41. The van der Waals surface area contributed by atoms with Crippen molar-refractivity contribution in [2.75, 3.05) is 5.43 Å². The second-order valence-electron chi connectivity index (χ2n) is 3.55. The molecule has 0 saturated carbocycles. The summed E-state index contributed by atoms with van der Waals surface area (Å²) in [5.74, 6) is 5.87.